The Labute approximate surface area is 138 Å². The van der Waals surface area contributed by atoms with E-state index in [1.807, 2.05) is 0 Å². The SMILES string of the molecule is Nc1ccc(Cl)cc1NC(=O)CS(=O)c1ccc(Br)cc1. The fraction of sp³-hybridized carbons (Fsp3) is 0.0714. The van der Waals surface area contributed by atoms with Crippen LogP contribution in [0.25, 0.3) is 0 Å². The number of carbonyl (C=O) groups excluding carboxylic acids is 1. The number of hydrogen-bond donors (Lipinski definition) is 2. The first-order chi connectivity index (χ1) is 9.95. The first-order valence-corrected chi connectivity index (χ1v) is 8.43. The maximum atomic E-state index is 12.1. The second-order valence-electron chi connectivity index (χ2n) is 4.22. The zero-order chi connectivity index (χ0) is 15.4. The smallest absolute Gasteiger partial charge is 0.237 e. The molecule has 0 aliphatic heterocycles. The Bertz CT molecular complexity index is 692. The van der Waals surface area contributed by atoms with Crippen LogP contribution >= 0.6 is 27.5 Å². The molecule has 0 saturated heterocycles. The van der Waals surface area contributed by atoms with Crippen LogP contribution in [-0.4, -0.2) is 15.9 Å². The Kier molecular flexibility index (Phi) is 5.39. The first-order valence-electron chi connectivity index (χ1n) is 5.94. The van der Waals surface area contributed by atoms with Gasteiger partial charge in [0.15, 0.2) is 0 Å². The van der Waals surface area contributed by atoms with Crippen LogP contribution in [0.5, 0.6) is 0 Å². The largest absolute Gasteiger partial charge is 0.397 e. The van der Waals surface area contributed by atoms with Gasteiger partial charge in [-0.3, -0.25) is 9.00 Å². The number of rotatable bonds is 4. The fourth-order valence-corrected chi connectivity index (χ4v) is 2.96. The van der Waals surface area contributed by atoms with Gasteiger partial charge in [-0.05, 0) is 42.5 Å². The van der Waals surface area contributed by atoms with Gasteiger partial charge in [0, 0.05) is 14.4 Å². The summed E-state index contributed by atoms with van der Waals surface area (Å²) >= 11 is 9.15. The molecule has 0 saturated carbocycles. The van der Waals surface area contributed by atoms with Gasteiger partial charge in [0.05, 0.1) is 22.2 Å². The van der Waals surface area contributed by atoms with E-state index in [0.717, 1.165) is 4.47 Å². The van der Waals surface area contributed by atoms with E-state index < -0.39 is 10.8 Å². The normalized spacial score (nSPS) is 11.9. The molecule has 7 heteroatoms. The number of nitrogen functional groups attached to an aromatic ring is 1. The van der Waals surface area contributed by atoms with Gasteiger partial charge in [-0.2, -0.15) is 0 Å². The van der Waals surface area contributed by atoms with Crippen LogP contribution in [0.1, 0.15) is 0 Å². The van der Waals surface area contributed by atoms with E-state index in [1.54, 1.807) is 42.5 Å². The number of anilines is 2. The topological polar surface area (TPSA) is 72.2 Å². The summed E-state index contributed by atoms with van der Waals surface area (Å²) in [4.78, 5) is 12.5. The molecular formula is C14H12BrClN2O2S. The number of nitrogens with two attached hydrogens (primary N) is 1. The monoisotopic (exact) mass is 386 g/mol. The molecule has 1 atom stereocenters. The average Bonchev–Trinajstić information content (AvgIpc) is 2.43. The van der Waals surface area contributed by atoms with Crippen LogP contribution in [-0.2, 0) is 15.6 Å². The molecular weight excluding hydrogens is 376 g/mol. The summed E-state index contributed by atoms with van der Waals surface area (Å²) in [6, 6.07) is 11.8. The molecule has 2 aromatic rings. The zero-order valence-corrected chi connectivity index (χ0v) is 14.0. The number of amides is 1. The maximum absolute atomic E-state index is 12.1. The van der Waals surface area contributed by atoms with Crippen LogP contribution in [0.4, 0.5) is 11.4 Å². The van der Waals surface area contributed by atoms with Crippen molar-refractivity contribution in [1.82, 2.24) is 0 Å². The molecule has 0 radical (unpaired) electrons. The summed E-state index contributed by atoms with van der Waals surface area (Å²) in [7, 11) is -1.41. The third-order valence-corrected chi connectivity index (χ3v) is 4.71. The molecule has 21 heavy (non-hydrogen) atoms. The van der Waals surface area contributed by atoms with Crippen LogP contribution < -0.4 is 11.1 Å². The van der Waals surface area contributed by atoms with Gasteiger partial charge >= 0.3 is 0 Å². The third-order valence-electron chi connectivity index (χ3n) is 2.63. The van der Waals surface area contributed by atoms with Crippen molar-refractivity contribution in [3.63, 3.8) is 0 Å². The van der Waals surface area contributed by atoms with Crippen molar-refractivity contribution in [2.24, 2.45) is 0 Å². The zero-order valence-electron chi connectivity index (χ0n) is 10.8. The minimum atomic E-state index is -1.41. The summed E-state index contributed by atoms with van der Waals surface area (Å²) in [5, 5.41) is 3.08. The standard InChI is InChI=1S/C14H12BrClN2O2S/c15-9-1-4-11(5-2-9)21(20)8-14(19)18-13-7-10(16)3-6-12(13)17/h1-7H,8,17H2,(H,18,19). The van der Waals surface area contributed by atoms with Gasteiger partial charge in [-0.15, -0.1) is 0 Å². The predicted octanol–water partition coefficient (Wildman–Crippen LogP) is 3.43. The third kappa shape index (κ3) is 4.56. The molecule has 0 aliphatic rings. The lowest BCUT2D eigenvalue weighted by molar-refractivity contribution is -0.113. The molecule has 3 N–H and O–H groups in total. The molecule has 1 amide bonds. The summed E-state index contributed by atoms with van der Waals surface area (Å²) in [6.07, 6.45) is 0. The van der Waals surface area contributed by atoms with Crippen LogP contribution in [0.3, 0.4) is 0 Å². The lowest BCUT2D eigenvalue weighted by Gasteiger charge is -2.08. The second kappa shape index (κ2) is 7.06. The van der Waals surface area contributed by atoms with Gasteiger partial charge in [0.25, 0.3) is 0 Å². The Morgan fingerprint density at radius 3 is 2.57 bits per heavy atom. The lowest BCUT2D eigenvalue weighted by atomic mass is 10.2. The van der Waals surface area contributed by atoms with E-state index in [-0.39, 0.29) is 11.7 Å². The number of carbonyl (C=O) groups is 1. The molecule has 2 aromatic carbocycles. The van der Waals surface area contributed by atoms with Crippen LogP contribution in [0.2, 0.25) is 5.02 Å². The van der Waals surface area contributed by atoms with Crippen molar-refractivity contribution in [2.45, 2.75) is 4.90 Å². The van der Waals surface area contributed by atoms with E-state index >= 15 is 0 Å². The summed E-state index contributed by atoms with van der Waals surface area (Å²) in [5.41, 5.74) is 6.56. The molecule has 0 bridgehead atoms. The highest BCUT2D eigenvalue weighted by molar-refractivity contribution is 9.10. The van der Waals surface area contributed by atoms with Crippen molar-refractivity contribution in [1.29, 1.82) is 0 Å². The molecule has 4 nitrogen and oxygen atoms in total. The Morgan fingerprint density at radius 2 is 1.90 bits per heavy atom. The lowest BCUT2D eigenvalue weighted by Crippen LogP contribution is -2.20. The fourth-order valence-electron chi connectivity index (χ4n) is 1.61. The molecule has 0 aliphatic carbocycles. The number of nitrogens with one attached hydrogen (secondary N) is 1. The van der Waals surface area contributed by atoms with Crippen molar-refractivity contribution in [2.75, 3.05) is 16.8 Å². The van der Waals surface area contributed by atoms with Crippen molar-refractivity contribution >= 4 is 55.6 Å². The molecule has 110 valence electrons. The molecule has 2 rings (SSSR count). The first kappa shape index (κ1) is 16.0. The Balaban J connectivity index is 2.03. The van der Waals surface area contributed by atoms with Gasteiger partial charge in [0.2, 0.25) is 5.91 Å². The molecule has 0 aromatic heterocycles. The summed E-state index contributed by atoms with van der Waals surface area (Å²) in [5.74, 6) is -0.529. The average molecular weight is 388 g/mol. The van der Waals surface area contributed by atoms with Crippen LogP contribution in [0.15, 0.2) is 51.8 Å². The predicted molar refractivity (Wildman–Crippen MR) is 89.9 cm³/mol. The quantitative estimate of drug-likeness (QED) is 0.789. The highest BCUT2D eigenvalue weighted by Crippen LogP contribution is 2.23. The second-order valence-corrected chi connectivity index (χ2v) is 7.03. The molecule has 0 heterocycles. The van der Waals surface area contributed by atoms with Crippen molar-refractivity contribution < 1.29 is 9.00 Å². The number of halogens is 2. The summed E-state index contributed by atoms with van der Waals surface area (Å²) in [6.45, 7) is 0. The summed E-state index contributed by atoms with van der Waals surface area (Å²) < 4.78 is 13.0. The van der Waals surface area contributed by atoms with E-state index in [0.29, 0.717) is 21.3 Å². The number of hydrogen-bond acceptors (Lipinski definition) is 3. The van der Waals surface area contributed by atoms with Crippen molar-refractivity contribution in [3.05, 3.63) is 52.0 Å². The molecule has 0 fully saturated rings. The van der Waals surface area contributed by atoms with Gasteiger partial charge in [0.1, 0.15) is 5.75 Å². The Hall–Kier alpha value is -1.37. The van der Waals surface area contributed by atoms with Gasteiger partial charge in [-0.25, -0.2) is 0 Å². The molecule has 0 spiro atoms. The minimum Gasteiger partial charge on any atom is -0.397 e. The van der Waals surface area contributed by atoms with E-state index in [1.165, 1.54) is 0 Å². The molecule has 1 unspecified atom stereocenters. The highest BCUT2D eigenvalue weighted by Gasteiger charge is 2.12. The van der Waals surface area contributed by atoms with E-state index in [9.17, 15) is 9.00 Å². The highest BCUT2D eigenvalue weighted by atomic mass is 79.9. The number of benzene rings is 2. The minimum absolute atomic E-state index is 0.145. The van der Waals surface area contributed by atoms with Crippen LogP contribution in [0, 0.1) is 0 Å². The van der Waals surface area contributed by atoms with E-state index in [4.69, 9.17) is 17.3 Å². The van der Waals surface area contributed by atoms with Crippen molar-refractivity contribution in [3.8, 4) is 0 Å². The van der Waals surface area contributed by atoms with Gasteiger partial charge in [-0.1, -0.05) is 27.5 Å². The maximum Gasteiger partial charge on any atom is 0.237 e. The van der Waals surface area contributed by atoms with E-state index in [2.05, 4.69) is 21.2 Å². The Morgan fingerprint density at radius 1 is 1.24 bits per heavy atom. The van der Waals surface area contributed by atoms with Gasteiger partial charge < -0.3 is 11.1 Å².